The monoisotopic (exact) mass is 278 g/mol. The van der Waals surface area contributed by atoms with Gasteiger partial charge in [-0.3, -0.25) is 0 Å². The van der Waals surface area contributed by atoms with Crippen LogP contribution >= 0.6 is 0 Å². The lowest BCUT2D eigenvalue weighted by atomic mass is 10.1. The van der Waals surface area contributed by atoms with Crippen LogP contribution in [0.2, 0.25) is 0 Å². The molecule has 0 unspecified atom stereocenters. The molecule has 2 rings (SSSR count). The molecule has 0 aliphatic rings. The Morgan fingerprint density at radius 3 is 2.24 bits per heavy atom. The van der Waals surface area contributed by atoms with Gasteiger partial charge in [-0.05, 0) is 55.0 Å². The Kier molecular flexibility index (Phi) is 5.97. The standard InChI is InChI=1S/C19H22N2/c1-3-5-7-16-8-10-17(11-9-16)12-13-19-15-14-18(6-4-2)20-21-19/h8-11,14-15H,3-7H2,1-2H3. The molecule has 0 saturated carbocycles. The first-order valence-electron chi connectivity index (χ1n) is 7.75. The van der Waals surface area contributed by atoms with E-state index in [0.717, 1.165) is 36.2 Å². The molecule has 21 heavy (non-hydrogen) atoms. The van der Waals surface area contributed by atoms with Crippen LogP contribution in [0, 0.1) is 11.8 Å². The predicted octanol–water partition coefficient (Wildman–Crippen LogP) is 4.17. The Bertz CT molecular complexity index is 601. The van der Waals surface area contributed by atoms with E-state index < -0.39 is 0 Å². The second-order valence-electron chi connectivity index (χ2n) is 5.21. The second kappa shape index (κ2) is 8.21. The van der Waals surface area contributed by atoms with Gasteiger partial charge in [0.2, 0.25) is 0 Å². The molecule has 0 fully saturated rings. The molecule has 108 valence electrons. The van der Waals surface area contributed by atoms with E-state index >= 15 is 0 Å². The summed E-state index contributed by atoms with van der Waals surface area (Å²) < 4.78 is 0. The smallest absolute Gasteiger partial charge is 0.136 e. The van der Waals surface area contributed by atoms with Gasteiger partial charge in [-0.1, -0.05) is 44.7 Å². The average molecular weight is 278 g/mol. The lowest BCUT2D eigenvalue weighted by Gasteiger charge is -1.99. The van der Waals surface area contributed by atoms with Crippen LogP contribution in [0.5, 0.6) is 0 Å². The minimum Gasteiger partial charge on any atom is -0.154 e. The van der Waals surface area contributed by atoms with Gasteiger partial charge in [0.1, 0.15) is 5.69 Å². The van der Waals surface area contributed by atoms with Crippen molar-refractivity contribution in [3.05, 3.63) is 58.9 Å². The Balaban J connectivity index is 2.01. The molecular weight excluding hydrogens is 256 g/mol. The van der Waals surface area contributed by atoms with Crippen LogP contribution in [0.1, 0.15) is 55.6 Å². The maximum atomic E-state index is 4.18. The molecule has 1 aromatic heterocycles. The molecule has 0 aliphatic heterocycles. The average Bonchev–Trinajstić information content (AvgIpc) is 2.53. The third-order valence-corrected chi connectivity index (χ3v) is 3.33. The van der Waals surface area contributed by atoms with Crippen LogP contribution in [-0.2, 0) is 12.8 Å². The van der Waals surface area contributed by atoms with Gasteiger partial charge >= 0.3 is 0 Å². The van der Waals surface area contributed by atoms with Crippen LogP contribution in [0.3, 0.4) is 0 Å². The Morgan fingerprint density at radius 1 is 0.810 bits per heavy atom. The van der Waals surface area contributed by atoms with Gasteiger partial charge in [0.15, 0.2) is 0 Å². The SMILES string of the molecule is CCCCc1ccc(C#Cc2ccc(CCC)nn2)cc1. The van der Waals surface area contributed by atoms with Crippen molar-refractivity contribution in [3.63, 3.8) is 0 Å². The highest BCUT2D eigenvalue weighted by Gasteiger charge is 1.95. The third-order valence-electron chi connectivity index (χ3n) is 3.33. The first-order chi connectivity index (χ1) is 10.3. The van der Waals surface area contributed by atoms with Crippen molar-refractivity contribution in [1.82, 2.24) is 10.2 Å². The fourth-order valence-electron chi connectivity index (χ4n) is 2.09. The Labute approximate surface area is 127 Å². The molecule has 0 N–H and O–H groups in total. The van der Waals surface area contributed by atoms with E-state index in [9.17, 15) is 0 Å². The van der Waals surface area contributed by atoms with Gasteiger partial charge < -0.3 is 0 Å². The number of benzene rings is 1. The Morgan fingerprint density at radius 2 is 1.62 bits per heavy atom. The highest BCUT2D eigenvalue weighted by atomic mass is 15.1. The molecule has 0 atom stereocenters. The normalized spacial score (nSPS) is 10.0. The van der Waals surface area contributed by atoms with Crippen molar-refractivity contribution in [2.45, 2.75) is 46.0 Å². The molecule has 2 aromatic rings. The zero-order valence-corrected chi connectivity index (χ0v) is 12.9. The second-order valence-corrected chi connectivity index (χ2v) is 5.21. The van der Waals surface area contributed by atoms with E-state index in [1.807, 2.05) is 12.1 Å². The molecule has 1 aromatic carbocycles. The van der Waals surface area contributed by atoms with E-state index in [1.54, 1.807) is 0 Å². The molecule has 2 nitrogen and oxygen atoms in total. The fourth-order valence-corrected chi connectivity index (χ4v) is 2.09. The zero-order valence-electron chi connectivity index (χ0n) is 12.9. The van der Waals surface area contributed by atoms with E-state index in [-0.39, 0.29) is 0 Å². The quantitative estimate of drug-likeness (QED) is 0.767. The molecule has 0 aliphatic carbocycles. The van der Waals surface area contributed by atoms with Crippen LogP contribution < -0.4 is 0 Å². The van der Waals surface area contributed by atoms with Crippen molar-refractivity contribution < 1.29 is 0 Å². The summed E-state index contributed by atoms with van der Waals surface area (Å²) in [6, 6.07) is 12.4. The number of rotatable bonds is 5. The molecule has 1 heterocycles. The van der Waals surface area contributed by atoms with Crippen LogP contribution in [0.15, 0.2) is 36.4 Å². The number of aryl methyl sites for hydroxylation is 2. The molecule has 0 bridgehead atoms. The molecule has 0 radical (unpaired) electrons. The predicted molar refractivity (Wildman–Crippen MR) is 87.1 cm³/mol. The summed E-state index contributed by atoms with van der Waals surface area (Å²) >= 11 is 0. The first kappa shape index (κ1) is 15.3. The van der Waals surface area contributed by atoms with Crippen molar-refractivity contribution in [2.75, 3.05) is 0 Å². The van der Waals surface area contributed by atoms with Gasteiger partial charge in [-0.15, -0.1) is 5.10 Å². The number of hydrogen-bond acceptors (Lipinski definition) is 2. The first-order valence-corrected chi connectivity index (χ1v) is 7.75. The maximum Gasteiger partial charge on any atom is 0.136 e. The Hall–Kier alpha value is -2.14. The van der Waals surface area contributed by atoms with Gasteiger partial charge in [0.25, 0.3) is 0 Å². The number of nitrogens with zero attached hydrogens (tertiary/aromatic N) is 2. The highest BCUT2D eigenvalue weighted by Crippen LogP contribution is 2.07. The minimum atomic E-state index is 0.727. The van der Waals surface area contributed by atoms with Crippen LogP contribution in [-0.4, -0.2) is 10.2 Å². The van der Waals surface area contributed by atoms with E-state index in [1.165, 1.54) is 18.4 Å². The van der Waals surface area contributed by atoms with Crippen molar-refractivity contribution in [3.8, 4) is 11.8 Å². The van der Waals surface area contributed by atoms with Gasteiger partial charge in [0, 0.05) is 5.56 Å². The van der Waals surface area contributed by atoms with Gasteiger partial charge in [-0.2, -0.15) is 5.10 Å². The molecule has 2 heteroatoms. The summed E-state index contributed by atoms with van der Waals surface area (Å²) in [5.41, 5.74) is 4.16. The van der Waals surface area contributed by atoms with E-state index in [2.05, 4.69) is 60.2 Å². The van der Waals surface area contributed by atoms with Crippen LogP contribution in [0.4, 0.5) is 0 Å². The van der Waals surface area contributed by atoms with Gasteiger partial charge in [0.05, 0.1) is 5.69 Å². The summed E-state index contributed by atoms with van der Waals surface area (Å²) in [6.45, 7) is 4.35. The van der Waals surface area contributed by atoms with Crippen LogP contribution in [0.25, 0.3) is 0 Å². The lowest BCUT2D eigenvalue weighted by molar-refractivity contribution is 0.795. The van der Waals surface area contributed by atoms with Crippen molar-refractivity contribution in [2.24, 2.45) is 0 Å². The summed E-state index contributed by atoms with van der Waals surface area (Å²) in [6.07, 6.45) is 5.68. The number of hydrogen-bond donors (Lipinski definition) is 0. The summed E-state index contributed by atoms with van der Waals surface area (Å²) in [7, 11) is 0. The minimum absolute atomic E-state index is 0.727. The maximum absolute atomic E-state index is 4.18. The topological polar surface area (TPSA) is 25.8 Å². The lowest BCUT2D eigenvalue weighted by Crippen LogP contribution is -1.94. The third kappa shape index (κ3) is 5.04. The van der Waals surface area contributed by atoms with Gasteiger partial charge in [-0.25, -0.2) is 0 Å². The molecule has 0 spiro atoms. The molecule has 0 amide bonds. The summed E-state index contributed by atoms with van der Waals surface area (Å²) in [4.78, 5) is 0. The summed E-state index contributed by atoms with van der Waals surface area (Å²) in [5, 5.41) is 8.32. The van der Waals surface area contributed by atoms with Crippen molar-refractivity contribution >= 4 is 0 Å². The van der Waals surface area contributed by atoms with E-state index in [4.69, 9.17) is 0 Å². The summed E-state index contributed by atoms with van der Waals surface area (Å²) in [5.74, 6) is 6.21. The highest BCUT2D eigenvalue weighted by molar-refractivity contribution is 5.40. The van der Waals surface area contributed by atoms with Crippen molar-refractivity contribution in [1.29, 1.82) is 0 Å². The number of unbranched alkanes of at least 4 members (excludes halogenated alkanes) is 1. The molecule has 0 saturated heterocycles. The fraction of sp³-hybridized carbons (Fsp3) is 0.368. The largest absolute Gasteiger partial charge is 0.154 e. The molecular formula is C19H22N2. The number of aromatic nitrogens is 2. The van der Waals surface area contributed by atoms with E-state index in [0.29, 0.717) is 0 Å². The zero-order chi connectivity index (χ0) is 14.9.